The highest BCUT2D eigenvalue weighted by atomic mass is 35.5. The van der Waals surface area contributed by atoms with Crippen molar-refractivity contribution in [2.75, 3.05) is 0 Å². The number of halogens is 1. The van der Waals surface area contributed by atoms with Gasteiger partial charge in [0.15, 0.2) is 5.69 Å². The number of aromatic carboxylic acids is 1. The van der Waals surface area contributed by atoms with Crippen LogP contribution < -0.4 is 0 Å². The van der Waals surface area contributed by atoms with E-state index < -0.39 is 5.97 Å². The summed E-state index contributed by atoms with van der Waals surface area (Å²) in [7, 11) is 0. The number of nitrogens with zero attached hydrogens (tertiary/aromatic N) is 2. The Morgan fingerprint density at radius 2 is 2.46 bits per heavy atom. The van der Waals surface area contributed by atoms with E-state index in [0.29, 0.717) is 6.54 Å². The van der Waals surface area contributed by atoms with Gasteiger partial charge in [0.05, 0.1) is 11.2 Å². The number of carboxylic acids is 1. The molecule has 0 amide bonds. The lowest BCUT2D eigenvalue weighted by Crippen LogP contribution is -2.10. The minimum atomic E-state index is -1.03. The van der Waals surface area contributed by atoms with Gasteiger partial charge in [-0.3, -0.25) is 4.68 Å². The standard InChI is InChI=1S/C8H11ClN2O2/c1-2-3-4-11-7(8(12)13)6(9)5-10-11/h5H,2-4H2,1H3,(H,12,13). The van der Waals surface area contributed by atoms with E-state index in [2.05, 4.69) is 5.10 Å². The molecule has 0 unspecified atom stereocenters. The number of rotatable bonds is 4. The molecule has 1 aromatic heterocycles. The predicted octanol–water partition coefficient (Wildman–Crippen LogP) is 2.03. The van der Waals surface area contributed by atoms with Crippen LogP contribution in [0.1, 0.15) is 30.3 Å². The van der Waals surface area contributed by atoms with Gasteiger partial charge in [-0.1, -0.05) is 24.9 Å². The third-order valence-corrected chi connectivity index (χ3v) is 2.00. The second-order valence-corrected chi connectivity index (χ2v) is 3.13. The first kappa shape index (κ1) is 10.1. The molecule has 0 atom stereocenters. The lowest BCUT2D eigenvalue weighted by atomic mass is 10.3. The van der Waals surface area contributed by atoms with Gasteiger partial charge in [0.2, 0.25) is 0 Å². The van der Waals surface area contributed by atoms with Crippen LogP contribution in [-0.4, -0.2) is 20.9 Å². The Bertz CT molecular complexity index is 309. The Kier molecular flexibility index (Phi) is 3.31. The van der Waals surface area contributed by atoms with E-state index >= 15 is 0 Å². The highest BCUT2D eigenvalue weighted by Crippen LogP contribution is 2.15. The highest BCUT2D eigenvalue weighted by Gasteiger charge is 2.15. The second-order valence-electron chi connectivity index (χ2n) is 2.72. The summed E-state index contributed by atoms with van der Waals surface area (Å²) < 4.78 is 1.42. The van der Waals surface area contributed by atoms with Crippen LogP contribution in [0.3, 0.4) is 0 Å². The average Bonchev–Trinajstić information content (AvgIpc) is 2.43. The summed E-state index contributed by atoms with van der Waals surface area (Å²) in [5.74, 6) is -1.03. The molecule has 0 radical (unpaired) electrons. The fourth-order valence-corrected chi connectivity index (χ4v) is 1.27. The number of carboxylic acid groups (broad SMARTS) is 1. The van der Waals surface area contributed by atoms with Gasteiger partial charge in [-0.15, -0.1) is 0 Å². The molecular formula is C8H11ClN2O2. The third-order valence-electron chi connectivity index (χ3n) is 1.72. The smallest absolute Gasteiger partial charge is 0.355 e. The van der Waals surface area contributed by atoms with Crippen LogP contribution in [-0.2, 0) is 6.54 Å². The molecule has 0 saturated carbocycles. The maximum absolute atomic E-state index is 10.7. The van der Waals surface area contributed by atoms with Crippen LogP contribution in [0.5, 0.6) is 0 Å². The molecule has 5 heteroatoms. The van der Waals surface area contributed by atoms with Crippen LogP contribution in [0, 0.1) is 0 Å². The Balaban J connectivity index is 2.87. The Hall–Kier alpha value is -1.03. The van der Waals surface area contributed by atoms with Crippen molar-refractivity contribution in [1.29, 1.82) is 0 Å². The van der Waals surface area contributed by atoms with Gasteiger partial charge >= 0.3 is 5.97 Å². The molecule has 1 aromatic rings. The van der Waals surface area contributed by atoms with Crippen molar-refractivity contribution in [3.8, 4) is 0 Å². The molecule has 0 aliphatic heterocycles. The van der Waals surface area contributed by atoms with Gasteiger partial charge in [0.25, 0.3) is 0 Å². The maximum atomic E-state index is 10.7. The maximum Gasteiger partial charge on any atom is 0.355 e. The average molecular weight is 203 g/mol. The van der Waals surface area contributed by atoms with Crippen molar-refractivity contribution in [2.45, 2.75) is 26.3 Å². The molecule has 0 spiro atoms. The van der Waals surface area contributed by atoms with Crippen molar-refractivity contribution >= 4 is 17.6 Å². The molecule has 0 fully saturated rings. The number of carbonyl (C=O) groups is 1. The van der Waals surface area contributed by atoms with Gasteiger partial charge in [0, 0.05) is 6.54 Å². The monoisotopic (exact) mass is 202 g/mol. The molecule has 4 nitrogen and oxygen atoms in total. The molecular weight excluding hydrogens is 192 g/mol. The number of unbranched alkanes of at least 4 members (excludes halogenated alkanes) is 1. The molecule has 1 N–H and O–H groups in total. The number of hydrogen-bond acceptors (Lipinski definition) is 2. The zero-order chi connectivity index (χ0) is 9.84. The molecule has 1 heterocycles. The first-order valence-electron chi connectivity index (χ1n) is 4.11. The van der Waals surface area contributed by atoms with Crippen LogP contribution in [0.15, 0.2) is 6.20 Å². The van der Waals surface area contributed by atoms with Crippen molar-refractivity contribution in [3.63, 3.8) is 0 Å². The summed E-state index contributed by atoms with van der Waals surface area (Å²) in [6, 6.07) is 0. The molecule has 0 aliphatic rings. The number of aryl methyl sites for hydroxylation is 1. The molecule has 0 aromatic carbocycles. The minimum Gasteiger partial charge on any atom is -0.476 e. The SMILES string of the molecule is CCCCn1ncc(Cl)c1C(=O)O. The van der Waals surface area contributed by atoms with E-state index in [0.717, 1.165) is 12.8 Å². The quantitative estimate of drug-likeness (QED) is 0.813. The minimum absolute atomic E-state index is 0.0788. The topological polar surface area (TPSA) is 55.1 Å². The second kappa shape index (κ2) is 4.28. The molecule has 13 heavy (non-hydrogen) atoms. The van der Waals surface area contributed by atoms with E-state index in [-0.39, 0.29) is 10.7 Å². The van der Waals surface area contributed by atoms with Gasteiger partial charge in [-0.2, -0.15) is 5.10 Å². The van der Waals surface area contributed by atoms with E-state index in [9.17, 15) is 4.79 Å². The van der Waals surface area contributed by atoms with E-state index in [4.69, 9.17) is 16.7 Å². The first-order chi connectivity index (χ1) is 6.16. The molecule has 72 valence electrons. The van der Waals surface area contributed by atoms with Crippen LogP contribution >= 0.6 is 11.6 Å². The van der Waals surface area contributed by atoms with Gasteiger partial charge in [-0.25, -0.2) is 4.79 Å². The zero-order valence-electron chi connectivity index (χ0n) is 7.33. The Morgan fingerprint density at radius 3 is 3.00 bits per heavy atom. The van der Waals surface area contributed by atoms with Crippen LogP contribution in [0.25, 0.3) is 0 Å². The lowest BCUT2D eigenvalue weighted by Gasteiger charge is -2.02. The molecule has 0 aliphatic carbocycles. The number of aromatic nitrogens is 2. The Morgan fingerprint density at radius 1 is 1.77 bits per heavy atom. The summed E-state index contributed by atoms with van der Waals surface area (Å²) in [4.78, 5) is 10.7. The van der Waals surface area contributed by atoms with E-state index in [1.165, 1.54) is 10.9 Å². The van der Waals surface area contributed by atoms with E-state index in [1.807, 2.05) is 6.92 Å². The summed E-state index contributed by atoms with van der Waals surface area (Å²) in [5.41, 5.74) is 0.0788. The Labute approximate surface area is 81.1 Å². The molecule has 0 bridgehead atoms. The van der Waals surface area contributed by atoms with Crippen molar-refractivity contribution < 1.29 is 9.90 Å². The number of hydrogen-bond donors (Lipinski definition) is 1. The van der Waals surface area contributed by atoms with Crippen molar-refractivity contribution in [2.24, 2.45) is 0 Å². The van der Waals surface area contributed by atoms with Gasteiger partial charge in [0.1, 0.15) is 0 Å². The fraction of sp³-hybridized carbons (Fsp3) is 0.500. The van der Waals surface area contributed by atoms with Crippen molar-refractivity contribution in [1.82, 2.24) is 9.78 Å². The van der Waals surface area contributed by atoms with E-state index in [1.54, 1.807) is 0 Å². The largest absolute Gasteiger partial charge is 0.476 e. The first-order valence-corrected chi connectivity index (χ1v) is 4.49. The highest BCUT2D eigenvalue weighted by molar-refractivity contribution is 6.33. The van der Waals surface area contributed by atoms with Crippen LogP contribution in [0.2, 0.25) is 5.02 Å². The third kappa shape index (κ3) is 2.21. The normalized spacial score (nSPS) is 10.3. The fourth-order valence-electron chi connectivity index (χ4n) is 1.05. The molecule has 1 rings (SSSR count). The van der Waals surface area contributed by atoms with Crippen LogP contribution in [0.4, 0.5) is 0 Å². The lowest BCUT2D eigenvalue weighted by molar-refractivity contribution is 0.0683. The summed E-state index contributed by atoms with van der Waals surface area (Å²) in [6.07, 6.45) is 3.26. The van der Waals surface area contributed by atoms with Crippen molar-refractivity contribution in [3.05, 3.63) is 16.9 Å². The summed E-state index contributed by atoms with van der Waals surface area (Å²) in [5, 5.41) is 12.9. The summed E-state index contributed by atoms with van der Waals surface area (Å²) >= 11 is 5.65. The van der Waals surface area contributed by atoms with Gasteiger partial charge in [-0.05, 0) is 6.42 Å². The summed E-state index contributed by atoms with van der Waals surface area (Å²) in [6.45, 7) is 2.64. The molecule has 0 saturated heterocycles. The zero-order valence-corrected chi connectivity index (χ0v) is 8.08. The van der Waals surface area contributed by atoms with Gasteiger partial charge < -0.3 is 5.11 Å². The predicted molar refractivity (Wildman–Crippen MR) is 49.1 cm³/mol.